The Morgan fingerprint density at radius 1 is 1.33 bits per heavy atom. The minimum absolute atomic E-state index is 0.208. The van der Waals surface area contributed by atoms with E-state index in [2.05, 4.69) is 0 Å². The predicted molar refractivity (Wildman–Crippen MR) is 25.0 cm³/mol. The van der Waals surface area contributed by atoms with Crippen molar-refractivity contribution >= 4 is 0 Å². The Morgan fingerprint density at radius 3 is 1.50 bits per heavy atom. The largest absolute Gasteiger partial charge is 0.316 e. The van der Waals surface area contributed by atoms with E-state index in [-0.39, 0.29) is 6.67 Å². The Labute approximate surface area is 39.1 Å². The van der Waals surface area contributed by atoms with Gasteiger partial charge in [0.05, 0.1) is 21.1 Å². The molecule has 2 heteroatoms. The molecule has 0 unspecified atom stereocenters. The van der Waals surface area contributed by atoms with E-state index in [0.717, 1.165) is 0 Å². The van der Waals surface area contributed by atoms with Gasteiger partial charge in [-0.25, -0.2) is 0 Å². The summed E-state index contributed by atoms with van der Waals surface area (Å²) in [5, 5.41) is 0. The number of hydrogen-bond donors (Lipinski definition) is 0. The molecular weight excluding hydrogens is 76.1 g/mol. The normalized spacial score (nSPS) is 12.0. The summed E-state index contributed by atoms with van der Waals surface area (Å²) in [5.41, 5.74) is 8.38. The van der Waals surface area contributed by atoms with Crippen molar-refractivity contribution < 1.29 is 4.48 Å². The number of rotatable bonds is 1. The first-order valence-electron chi connectivity index (χ1n) is 1.97. The molecule has 0 aromatic heterocycles. The maximum atomic E-state index is 8.38. The smallest absolute Gasteiger partial charge is 0.165 e. The Bertz CT molecular complexity index is 35.3. The number of hydrogen-bond acceptors (Lipinski definition) is 0. The van der Waals surface area contributed by atoms with Crippen molar-refractivity contribution in [3.8, 4) is 0 Å². The van der Waals surface area contributed by atoms with Crippen molar-refractivity contribution in [2.45, 2.75) is 0 Å². The van der Waals surface area contributed by atoms with Crippen molar-refractivity contribution in [3.05, 3.63) is 0 Å². The monoisotopic (exact) mass is 87.1 g/mol. The highest BCUT2D eigenvalue weighted by atomic mass is 15.3. The van der Waals surface area contributed by atoms with Crippen LogP contribution in [0.1, 0.15) is 0 Å². The highest BCUT2D eigenvalue weighted by Gasteiger charge is 1.99. The minimum atomic E-state index is 0.208. The molecule has 0 spiro atoms. The van der Waals surface area contributed by atoms with E-state index >= 15 is 0 Å². The molecule has 0 rings (SSSR count). The molecule has 0 bridgehead atoms. The zero-order chi connectivity index (χ0) is 5.21. The average molecular weight is 87.1 g/mol. The van der Waals surface area contributed by atoms with Gasteiger partial charge in [-0.15, -0.1) is 0 Å². The van der Waals surface area contributed by atoms with Gasteiger partial charge in [0.25, 0.3) is 0 Å². The second-order valence-corrected chi connectivity index (χ2v) is 2.43. The third-order valence-corrected chi connectivity index (χ3v) is 0.424. The van der Waals surface area contributed by atoms with E-state index in [4.69, 9.17) is 5.73 Å². The third kappa shape index (κ3) is 3.92. The molecule has 0 heterocycles. The fourth-order valence-electron chi connectivity index (χ4n) is 0. The highest BCUT2D eigenvalue weighted by Crippen LogP contribution is 1.80. The van der Waals surface area contributed by atoms with Gasteiger partial charge in [0.2, 0.25) is 0 Å². The van der Waals surface area contributed by atoms with Crippen LogP contribution in [0.25, 0.3) is 0 Å². The van der Waals surface area contributed by atoms with Crippen LogP contribution in [0, 0.1) is 0 Å². The van der Waals surface area contributed by atoms with Crippen LogP contribution in [-0.2, 0) is 0 Å². The fourth-order valence-corrected chi connectivity index (χ4v) is 0. The Balaban J connectivity index is 3.17. The van der Waals surface area contributed by atoms with E-state index in [1.807, 2.05) is 21.1 Å². The summed E-state index contributed by atoms with van der Waals surface area (Å²) < 4.78 is 0.625. The van der Waals surface area contributed by atoms with Crippen molar-refractivity contribution in [3.63, 3.8) is 0 Å². The van der Waals surface area contributed by atoms with Crippen LogP contribution >= 0.6 is 0 Å². The number of quaternary nitrogens is 1. The van der Waals surface area contributed by atoms with Gasteiger partial charge in [0.15, 0.2) is 6.67 Å². The fraction of sp³-hybridized carbons (Fsp3) is 1.00. The summed E-state index contributed by atoms with van der Waals surface area (Å²) in [6, 6.07) is 0. The second-order valence-electron chi connectivity index (χ2n) is 2.43. The standard InChI is InChI=1S/C4H11N2/c1-6(2,3)4-5/h4H2,1-3H3/q+1. The summed E-state index contributed by atoms with van der Waals surface area (Å²) >= 11 is 0. The molecular formula is C4H11N2+. The van der Waals surface area contributed by atoms with Crippen LogP contribution in [0.5, 0.6) is 0 Å². The van der Waals surface area contributed by atoms with Gasteiger partial charge in [-0.1, -0.05) is 5.73 Å². The van der Waals surface area contributed by atoms with E-state index in [0.29, 0.717) is 4.48 Å². The molecule has 36 valence electrons. The first-order chi connectivity index (χ1) is 2.56. The molecule has 0 saturated carbocycles. The molecule has 0 aliphatic carbocycles. The lowest BCUT2D eigenvalue weighted by Gasteiger charge is -2.18. The number of nitrogens with zero attached hydrogens (tertiary/aromatic N) is 2. The van der Waals surface area contributed by atoms with Crippen LogP contribution in [0.3, 0.4) is 0 Å². The van der Waals surface area contributed by atoms with Gasteiger partial charge in [-0.05, 0) is 0 Å². The lowest BCUT2D eigenvalue weighted by molar-refractivity contribution is -0.870. The Morgan fingerprint density at radius 2 is 1.50 bits per heavy atom. The van der Waals surface area contributed by atoms with E-state index in [9.17, 15) is 0 Å². The van der Waals surface area contributed by atoms with Gasteiger partial charge in [0, 0.05) is 0 Å². The van der Waals surface area contributed by atoms with Crippen LogP contribution < -0.4 is 5.73 Å². The average Bonchev–Trinajstić information content (AvgIpc) is 1.35. The molecule has 0 amide bonds. The molecule has 0 aliphatic rings. The summed E-state index contributed by atoms with van der Waals surface area (Å²) in [7, 11) is 5.79. The van der Waals surface area contributed by atoms with E-state index < -0.39 is 0 Å². The topological polar surface area (TPSA) is 22.3 Å². The van der Waals surface area contributed by atoms with Crippen LogP contribution in [0.4, 0.5) is 0 Å². The molecule has 6 heavy (non-hydrogen) atoms. The molecule has 0 aliphatic heterocycles. The van der Waals surface area contributed by atoms with Crippen LogP contribution in [0.15, 0.2) is 0 Å². The van der Waals surface area contributed by atoms with Gasteiger partial charge >= 0.3 is 0 Å². The van der Waals surface area contributed by atoms with Crippen molar-refractivity contribution in [1.82, 2.24) is 5.73 Å². The zero-order valence-corrected chi connectivity index (χ0v) is 4.60. The molecule has 0 N–H and O–H groups in total. The third-order valence-electron chi connectivity index (χ3n) is 0.424. The molecule has 0 fully saturated rings. The van der Waals surface area contributed by atoms with Gasteiger partial charge < -0.3 is 4.48 Å². The molecule has 0 saturated heterocycles. The summed E-state index contributed by atoms with van der Waals surface area (Å²) in [5.74, 6) is 0. The molecule has 2 radical (unpaired) electrons. The van der Waals surface area contributed by atoms with Gasteiger partial charge in [-0.2, -0.15) is 0 Å². The second kappa shape index (κ2) is 1.58. The predicted octanol–water partition coefficient (Wildman–Crippen LogP) is -0.281. The molecule has 2 nitrogen and oxygen atoms in total. The van der Waals surface area contributed by atoms with E-state index in [1.165, 1.54) is 0 Å². The van der Waals surface area contributed by atoms with Crippen LogP contribution in [-0.4, -0.2) is 32.3 Å². The summed E-state index contributed by atoms with van der Waals surface area (Å²) in [6.45, 7) is 0.208. The highest BCUT2D eigenvalue weighted by molar-refractivity contribution is 4.02. The summed E-state index contributed by atoms with van der Waals surface area (Å²) in [4.78, 5) is 0. The van der Waals surface area contributed by atoms with Crippen molar-refractivity contribution in [2.75, 3.05) is 27.8 Å². The van der Waals surface area contributed by atoms with E-state index in [1.54, 1.807) is 0 Å². The van der Waals surface area contributed by atoms with Crippen LogP contribution in [0.2, 0.25) is 0 Å². The summed E-state index contributed by atoms with van der Waals surface area (Å²) in [6.07, 6.45) is 0. The van der Waals surface area contributed by atoms with Crippen molar-refractivity contribution in [1.29, 1.82) is 0 Å². The maximum Gasteiger partial charge on any atom is 0.165 e. The lowest BCUT2D eigenvalue weighted by Crippen LogP contribution is -2.35. The van der Waals surface area contributed by atoms with Gasteiger partial charge in [0.1, 0.15) is 0 Å². The molecule has 0 aromatic carbocycles. The lowest BCUT2D eigenvalue weighted by atomic mass is 10.7. The van der Waals surface area contributed by atoms with Gasteiger partial charge in [-0.3, -0.25) is 0 Å². The molecule has 0 atom stereocenters. The Kier molecular flexibility index (Phi) is 1.56. The maximum absolute atomic E-state index is 8.38. The Hall–Kier alpha value is -0.0800. The minimum Gasteiger partial charge on any atom is -0.316 e. The first-order valence-corrected chi connectivity index (χ1v) is 1.97. The quantitative estimate of drug-likeness (QED) is 0.392. The zero-order valence-electron chi connectivity index (χ0n) is 4.60. The SMILES string of the molecule is C[N+](C)(C)C[N]. The molecule has 0 aromatic rings. The van der Waals surface area contributed by atoms with Crippen molar-refractivity contribution in [2.24, 2.45) is 0 Å². The first kappa shape index (κ1) is 5.92.